The standard InChI is InChI=1S/C9H11Cl2N3/c10-8-4-7(9(11)14-13-8)12-5-6-2-1-3-6/h4,6H,1-3,5H2,(H,12,13). The van der Waals surface area contributed by atoms with E-state index in [-0.39, 0.29) is 0 Å². The molecule has 0 unspecified atom stereocenters. The van der Waals surface area contributed by atoms with Crippen LogP contribution < -0.4 is 5.32 Å². The normalized spacial score (nSPS) is 16.4. The molecule has 14 heavy (non-hydrogen) atoms. The van der Waals surface area contributed by atoms with Crippen molar-refractivity contribution in [3.63, 3.8) is 0 Å². The summed E-state index contributed by atoms with van der Waals surface area (Å²) in [6.07, 6.45) is 3.95. The minimum atomic E-state index is 0.366. The van der Waals surface area contributed by atoms with E-state index in [1.54, 1.807) is 6.07 Å². The van der Waals surface area contributed by atoms with Crippen molar-refractivity contribution in [1.29, 1.82) is 0 Å². The fourth-order valence-corrected chi connectivity index (χ4v) is 1.73. The molecule has 0 amide bonds. The first-order valence-electron chi connectivity index (χ1n) is 4.68. The predicted molar refractivity (Wildman–Crippen MR) is 57.9 cm³/mol. The molecule has 1 heterocycles. The average molecular weight is 232 g/mol. The van der Waals surface area contributed by atoms with Crippen molar-refractivity contribution in [2.45, 2.75) is 19.3 Å². The van der Waals surface area contributed by atoms with Gasteiger partial charge in [-0.3, -0.25) is 0 Å². The van der Waals surface area contributed by atoms with Crippen LogP contribution in [-0.2, 0) is 0 Å². The highest BCUT2D eigenvalue weighted by Gasteiger charge is 2.17. The Morgan fingerprint density at radius 1 is 1.36 bits per heavy atom. The van der Waals surface area contributed by atoms with Crippen LogP contribution in [0.25, 0.3) is 0 Å². The molecule has 0 saturated heterocycles. The van der Waals surface area contributed by atoms with Crippen molar-refractivity contribution < 1.29 is 0 Å². The van der Waals surface area contributed by atoms with Gasteiger partial charge in [0, 0.05) is 12.6 Å². The number of halogens is 2. The highest BCUT2D eigenvalue weighted by atomic mass is 35.5. The lowest BCUT2D eigenvalue weighted by Crippen LogP contribution is -2.21. The Hall–Kier alpha value is -0.540. The fraction of sp³-hybridized carbons (Fsp3) is 0.556. The maximum Gasteiger partial charge on any atom is 0.174 e. The first-order valence-corrected chi connectivity index (χ1v) is 5.44. The second-order valence-corrected chi connectivity index (χ2v) is 4.29. The molecule has 1 N–H and O–H groups in total. The molecule has 1 aromatic heterocycles. The summed E-state index contributed by atoms with van der Waals surface area (Å²) in [5.41, 5.74) is 0.776. The Kier molecular flexibility index (Phi) is 3.08. The molecular formula is C9H11Cl2N3. The molecule has 0 atom stereocenters. The van der Waals surface area contributed by atoms with Gasteiger partial charge >= 0.3 is 0 Å². The van der Waals surface area contributed by atoms with E-state index in [9.17, 15) is 0 Å². The number of aromatic nitrogens is 2. The molecular weight excluding hydrogens is 221 g/mol. The summed E-state index contributed by atoms with van der Waals surface area (Å²) in [5.74, 6) is 0.776. The molecule has 1 aliphatic rings. The van der Waals surface area contributed by atoms with Gasteiger partial charge in [0.1, 0.15) is 0 Å². The summed E-state index contributed by atoms with van der Waals surface area (Å²) in [4.78, 5) is 0. The second kappa shape index (κ2) is 4.32. The maximum atomic E-state index is 5.85. The molecule has 0 aromatic carbocycles. The number of anilines is 1. The molecule has 0 spiro atoms. The van der Waals surface area contributed by atoms with Crippen molar-refractivity contribution in [2.24, 2.45) is 5.92 Å². The summed E-state index contributed by atoms with van der Waals surface area (Å²) < 4.78 is 0. The molecule has 0 radical (unpaired) electrons. The largest absolute Gasteiger partial charge is 0.382 e. The molecule has 1 aliphatic carbocycles. The van der Waals surface area contributed by atoms with E-state index in [2.05, 4.69) is 15.5 Å². The quantitative estimate of drug-likeness (QED) is 0.870. The summed E-state index contributed by atoms with van der Waals surface area (Å²) in [5, 5.41) is 11.4. The van der Waals surface area contributed by atoms with Gasteiger partial charge in [-0.2, -0.15) is 0 Å². The van der Waals surface area contributed by atoms with E-state index in [1.807, 2.05) is 0 Å². The third-order valence-corrected chi connectivity index (χ3v) is 2.99. The Morgan fingerprint density at radius 3 is 2.79 bits per heavy atom. The van der Waals surface area contributed by atoms with Crippen molar-refractivity contribution in [2.75, 3.05) is 11.9 Å². The summed E-state index contributed by atoms with van der Waals surface area (Å²) in [6, 6.07) is 1.70. The van der Waals surface area contributed by atoms with Gasteiger partial charge in [-0.05, 0) is 18.8 Å². The lowest BCUT2D eigenvalue weighted by Gasteiger charge is -2.25. The van der Waals surface area contributed by atoms with Crippen LogP contribution in [0.2, 0.25) is 10.3 Å². The lowest BCUT2D eigenvalue weighted by atomic mass is 9.85. The topological polar surface area (TPSA) is 37.8 Å². The number of rotatable bonds is 3. The van der Waals surface area contributed by atoms with E-state index in [4.69, 9.17) is 23.2 Å². The molecule has 0 aliphatic heterocycles. The van der Waals surface area contributed by atoms with Crippen LogP contribution in [0.15, 0.2) is 6.07 Å². The lowest BCUT2D eigenvalue weighted by molar-refractivity contribution is 0.333. The van der Waals surface area contributed by atoms with E-state index in [1.165, 1.54) is 19.3 Å². The zero-order valence-electron chi connectivity index (χ0n) is 7.63. The van der Waals surface area contributed by atoms with Gasteiger partial charge in [0.2, 0.25) is 0 Å². The highest BCUT2D eigenvalue weighted by molar-refractivity contribution is 6.33. The van der Waals surface area contributed by atoms with Crippen molar-refractivity contribution in [3.8, 4) is 0 Å². The van der Waals surface area contributed by atoms with Crippen LogP contribution in [-0.4, -0.2) is 16.7 Å². The highest BCUT2D eigenvalue weighted by Crippen LogP contribution is 2.28. The van der Waals surface area contributed by atoms with Crippen LogP contribution in [0.5, 0.6) is 0 Å². The van der Waals surface area contributed by atoms with Gasteiger partial charge in [-0.25, -0.2) is 0 Å². The summed E-state index contributed by atoms with van der Waals surface area (Å²) in [6.45, 7) is 0.946. The van der Waals surface area contributed by atoms with Gasteiger partial charge < -0.3 is 5.32 Å². The smallest absolute Gasteiger partial charge is 0.174 e. The summed E-state index contributed by atoms with van der Waals surface area (Å²) >= 11 is 11.6. The number of nitrogens with one attached hydrogen (secondary N) is 1. The molecule has 2 rings (SSSR count). The van der Waals surface area contributed by atoms with E-state index >= 15 is 0 Å². The van der Waals surface area contributed by atoms with Gasteiger partial charge in [0.25, 0.3) is 0 Å². The molecule has 1 fully saturated rings. The Bertz CT molecular complexity index is 326. The third kappa shape index (κ3) is 2.28. The first-order chi connectivity index (χ1) is 6.75. The second-order valence-electron chi connectivity index (χ2n) is 3.55. The number of nitrogens with zero attached hydrogens (tertiary/aromatic N) is 2. The SMILES string of the molecule is Clc1cc(NCC2CCC2)c(Cl)nn1. The predicted octanol–water partition coefficient (Wildman–Crippen LogP) is 3.00. The fourth-order valence-electron chi connectivity index (χ4n) is 1.43. The van der Waals surface area contributed by atoms with Crippen molar-refractivity contribution in [3.05, 3.63) is 16.4 Å². The van der Waals surface area contributed by atoms with Gasteiger partial charge in [0.05, 0.1) is 5.69 Å². The Balaban J connectivity index is 1.96. The maximum absolute atomic E-state index is 5.85. The van der Waals surface area contributed by atoms with Gasteiger partial charge in [-0.1, -0.05) is 29.6 Å². The Morgan fingerprint density at radius 2 is 2.14 bits per heavy atom. The van der Waals surface area contributed by atoms with Crippen LogP contribution in [0.1, 0.15) is 19.3 Å². The number of hydrogen-bond donors (Lipinski definition) is 1. The minimum Gasteiger partial charge on any atom is -0.382 e. The molecule has 1 saturated carbocycles. The van der Waals surface area contributed by atoms with Crippen molar-refractivity contribution >= 4 is 28.9 Å². The first kappa shape index (κ1) is 9.99. The van der Waals surface area contributed by atoms with E-state index in [0.717, 1.165) is 18.2 Å². The zero-order chi connectivity index (χ0) is 9.97. The average Bonchev–Trinajstić information content (AvgIpc) is 2.08. The minimum absolute atomic E-state index is 0.366. The van der Waals surface area contributed by atoms with Crippen LogP contribution >= 0.6 is 23.2 Å². The monoisotopic (exact) mass is 231 g/mol. The third-order valence-electron chi connectivity index (χ3n) is 2.52. The Labute approximate surface area is 92.8 Å². The number of hydrogen-bond acceptors (Lipinski definition) is 3. The molecule has 76 valence electrons. The van der Waals surface area contributed by atoms with Crippen LogP contribution in [0, 0.1) is 5.92 Å². The van der Waals surface area contributed by atoms with E-state index in [0.29, 0.717) is 10.3 Å². The molecule has 0 bridgehead atoms. The van der Waals surface area contributed by atoms with Gasteiger partial charge in [-0.15, -0.1) is 10.2 Å². The zero-order valence-corrected chi connectivity index (χ0v) is 9.15. The summed E-state index contributed by atoms with van der Waals surface area (Å²) in [7, 11) is 0. The van der Waals surface area contributed by atoms with Gasteiger partial charge in [0.15, 0.2) is 10.3 Å². The molecule has 3 nitrogen and oxygen atoms in total. The van der Waals surface area contributed by atoms with E-state index < -0.39 is 0 Å². The van der Waals surface area contributed by atoms with Crippen molar-refractivity contribution in [1.82, 2.24) is 10.2 Å². The van der Waals surface area contributed by atoms with Crippen LogP contribution in [0.4, 0.5) is 5.69 Å². The molecule has 5 heteroatoms. The molecule has 1 aromatic rings. The van der Waals surface area contributed by atoms with Crippen LogP contribution in [0.3, 0.4) is 0 Å².